The van der Waals surface area contributed by atoms with E-state index in [-0.39, 0.29) is 37.2 Å². The molecule has 1 atom stereocenters. The normalized spacial score (nSPS) is 12.2. The SMILES string of the molecule is COc1ccccc1N(CCCC(=O)N(Cc1ccccc1C)[C@H](C)C(=O)NC(C)C)S(C)(=O)=O. The van der Waals surface area contributed by atoms with Crippen molar-refractivity contribution in [3.8, 4) is 5.75 Å². The van der Waals surface area contributed by atoms with Crippen molar-refractivity contribution >= 4 is 27.5 Å². The highest BCUT2D eigenvalue weighted by Gasteiger charge is 2.27. The summed E-state index contributed by atoms with van der Waals surface area (Å²) in [4.78, 5) is 27.6. The van der Waals surface area contributed by atoms with Gasteiger partial charge in [0.05, 0.1) is 19.1 Å². The Bertz CT molecular complexity index is 1120. The summed E-state index contributed by atoms with van der Waals surface area (Å²) in [6.45, 7) is 7.82. The summed E-state index contributed by atoms with van der Waals surface area (Å²) in [6, 6.07) is 13.9. The number of benzene rings is 2. The molecule has 0 fully saturated rings. The van der Waals surface area contributed by atoms with Gasteiger partial charge >= 0.3 is 0 Å². The summed E-state index contributed by atoms with van der Waals surface area (Å²) in [5.41, 5.74) is 2.41. The fourth-order valence-electron chi connectivity index (χ4n) is 3.78. The first-order valence-electron chi connectivity index (χ1n) is 11.7. The van der Waals surface area contributed by atoms with Gasteiger partial charge in [-0.05, 0) is 57.4 Å². The maximum Gasteiger partial charge on any atom is 0.242 e. The first-order valence-corrected chi connectivity index (χ1v) is 13.6. The summed E-state index contributed by atoms with van der Waals surface area (Å²) in [5, 5.41) is 2.87. The average Bonchev–Trinajstić information content (AvgIpc) is 2.79. The molecule has 0 aliphatic carbocycles. The molecule has 2 amide bonds. The lowest BCUT2D eigenvalue weighted by atomic mass is 10.1. The van der Waals surface area contributed by atoms with Crippen LogP contribution in [0.5, 0.6) is 5.75 Å². The van der Waals surface area contributed by atoms with E-state index >= 15 is 0 Å². The highest BCUT2D eigenvalue weighted by molar-refractivity contribution is 7.92. The molecule has 9 heteroatoms. The van der Waals surface area contributed by atoms with Gasteiger partial charge in [-0.15, -0.1) is 0 Å². The molecule has 0 aliphatic heterocycles. The molecule has 0 spiro atoms. The lowest BCUT2D eigenvalue weighted by Gasteiger charge is -2.30. The van der Waals surface area contributed by atoms with Gasteiger partial charge in [0.25, 0.3) is 0 Å². The Kier molecular flexibility index (Phi) is 10.1. The van der Waals surface area contributed by atoms with Gasteiger partial charge in [-0.25, -0.2) is 8.42 Å². The van der Waals surface area contributed by atoms with Crippen LogP contribution in [0.1, 0.15) is 44.7 Å². The van der Waals surface area contributed by atoms with Crippen molar-refractivity contribution in [1.82, 2.24) is 10.2 Å². The summed E-state index contributed by atoms with van der Waals surface area (Å²) in [5.74, 6) is -0.00809. The molecule has 0 unspecified atom stereocenters. The zero-order valence-corrected chi connectivity index (χ0v) is 22.3. The number of anilines is 1. The second kappa shape index (κ2) is 12.6. The molecule has 0 radical (unpaired) electrons. The number of carbonyl (C=O) groups is 2. The first kappa shape index (κ1) is 28.2. The smallest absolute Gasteiger partial charge is 0.242 e. The van der Waals surface area contributed by atoms with E-state index in [0.29, 0.717) is 18.0 Å². The van der Waals surface area contributed by atoms with E-state index in [0.717, 1.165) is 17.4 Å². The third kappa shape index (κ3) is 7.99. The number of hydrogen-bond donors (Lipinski definition) is 1. The Hall–Kier alpha value is -3.07. The number of aryl methyl sites for hydroxylation is 1. The van der Waals surface area contributed by atoms with Crippen molar-refractivity contribution in [3.05, 3.63) is 59.7 Å². The van der Waals surface area contributed by atoms with Crippen molar-refractivity contribution in [2.24, 2.45) is 0 Å². The van der Waals surface area contributed by atoms with Gasteiger partial charge in [0.15, 0.2) is 0 Å². The van der Waals surface area contributed by atoms with Crippen LogP contribution in [0.15, 0.2) is 48.5 Å². The number of amides is 2. The summed E-state index contributed by atoms with van der Waals surface area (Å²) >= 11 is 0. The second-order valence-electron chi connectivity index (χ2n) is 8.90. The standard InChI is InChI=1S/C26H37N3O5S/c1-19(2)27-26(31)21(4)28(18-22-13-8-7-12-20(22)3)25(30)16-11-17-29(35(6,32)33)23-14-9-10-15-24(23)34-5/h7-10,12-15,19,21H,11,16-18H2,1-6H3,(H,27,31)/t21-/m1/s1. The molecule has 1 N–H and O–H groups in total. The molecule has 2 rings (SSSR count). The van der Waals surface area contributed by atoms with Crippen LogP contribution in [0.2, 0.25) is 0 Å². The van der Waals surface area contributed by atoms with Gasteiger partial charge in [0, 0.05) is 25.6 Å². The van der Waals surface area contributed by atoms with Crippen LogP contribution in [0.25, 0.3) is 0 Å². The van der Waals surface area contributed by atoms with E-state index < -0.39 is 16.1 Å². The van der Waals surface area contributed by atoms with Gasteiger partial charge in [0.1, 0.15) is 11.8 Å². The molecular formula is C26H37N3O5S. The van der Waals surface area contributed by atoms with Crippen molar-refractivity contribution < 1.29 is 22.7 Å². The monoisotopic (exact) mass is 503 g/mol. The van der Waals surface area contributed by atoms with Crippen LogP contribution in [-0.4, -0.2) is 57.1 Å². The molecule has 0 saturated heterocycles. The Morgan fingerprint density at radius 3 is 2.26 bits per heavy atom. The van der Waals surface area contributed by atoms with Gasteiger partial charge in [-0.3, -0.25) is 13.9 Å². The largest absolute Gasteiger partial charge is 0.495 e. The summed E-state index contributed by atoms with van der Waals surface area (Å²) < 4.78 is 31.6. The number of methoxy groups -OCH3 is 1. The molecule has 0 aromatic heterocycles. The first-order chi connectivity index (χ1) is 16.5. The Morgan fingerprint density at radius 1 is 1.03 bits per heavy atom. The van der Waals surface area contributed by atoms with E-state index in [2.05, 4.69) is 5.32 Å². The Morgan fingerprint density at radius 2 is 1.66 bits per heavy atom. The predicted octanol–water partition coefficient (Wildman–Crippen LogP) is 3.49. The summed E-state index contributed by atoms with van der Waals surface area (Å²) in [6.07, 6.45) is 1.50. The molecule has 35 heavy (non-hydrogen) atoms. The molecule has 2 aromatic rings. The molecule has 2 aromatic carbocycles. The molecule has 0 saturated carbocycles. The Labute approximate surface area is 209 Å². The Balaban J connectivity index is 2.21. The van der Waals surface area contributed by atoms with Crippen LogP contribution in [0.3, 0.4) is 0 Å². The maximum atomic E-state index is 13.3. The lowest BCUT2D eigenvalue weighted by molar-refractivity contribution is -0.140. The van der Waals surface area contributed by atoms with E-state index in [1.54, 1.807) is 36.1 Å². The van der Waals surface area contributed by atoms with Crippen molar-refractivity contribution in [2.75, 3.05) is 24.2 Å². The minimum absolute atomic E-state index is 0.0514. The highest BCUT2D eigenvalue weighted by atomic mass is 32.2. The second-order valence-corrected chi connectivity index (χ2v) is 10.8. The van der Waals surface area contributed by atoms with Gasteiger partial charge in [-0.1, -0.05) is 36.4 Å². The third-order valence-corrected chi connectivity index (χ3v) is 6.89. The number of ether oxygens (including phenoxy) is 1. The van der Waals surface area contributed by atoms with Crippen LogP contribution >= 0.6 is 0 Å². The van der Waals surface area contributed by atoms with Crippen molar-refractivity contribution in [3.63, 3.8) is 0 Å². The van der Waals surface area contributed by atoms with Crippen LogP contribution in [0, 0.1) is 6.92 Å². The number of nitrogens with zero attached hydrogens (tertiary/aromatic N) is 2. The van der Waals surface area contributed by atoms with Crippen LogP contribution < -0.4 is 14.4 Å². The molecule has 0 aliphatic rings. The number of para-hydroxylation sites is 2. The number of carbonyl (C=O) groups excluding carboxylic acids is 2. The van der Waals surface area contributed by atoms with Gasteiger partial charge < -0.3 is 15.0 Å². The van der Waals surface area contributed by atoms with Gasteiger partial charge in [-0.2, -0.15) is 0 Å². The summed E-state index contributed by atoms with van der Waals surface area (Å²) in [7, 11) is -2.12. The topological polar surface area (TPSA) is 96.0 Å². The fourth-order valence-corrected chi connectivity index (χ4v) is 4.75. The quantitative estimate of drug-likeness (QED) is 0.478. The van der Waals surface area contributed by atoms with E-state index in [9.17, 15) is 18.0 Å². The lowest BCUT2D eigenvalue weighted by Crippen LogP contribution is -2.49. The minimum Gasteiger partial charge on any atom is -0.495 e. The van der Waals surface area contributed by atoms with Crippen molar-refractivity contribution in [1.29, 1.82) is 0 Å². The minimum atomic E-state index is -3.60. The van der Waals surface area contributed by atoms with Crippen molar-refractivity contribution in [2.45, 2.75) is 59.2 Å². The van der Waals surface area contributed by atoms with Gasteiger partial charge in [0.2, 0.25) is 21.8 Å². The molecule has 8 nitrogen and oxygen atoms in total. The maximum absolute atomic E-state index is 13.3. The van der Waals surface area contributed by atoms with E-state index in [4.69, 9.17) is 4.74 Å². The zero-order chi connectivity index (χ0) is 26.2. The average molecular weight is 504 g/mol. The number of hydrogen-bond acceptors (Lipinski definition) is 5. The predicted molar refractivity (Wildman–Crippen MR) is 139 cm³/mol. The van der Waals surface area contributed by atoms with E-state index in [1.165, 1.54) is 11.4 Å². The fraction of sp³-hybridized carbons (Fsp3) is 0.462. The molecule has 0 bridgehead atoms. The molecule has 192 valence electrons. The zero-order valence-electron chi connectivity index (χ0n) is 21.4. The third-order valence-electron chi connectivity index (χ3n) is 5.71. The number of rotatable bonds is 12. The number of nitrogens with one attached hydrogen (secondary N) is 1. The molecular weight excluding hydrogens is 466 g/mol. The molecule has 0 heterocycles. The number of sulfonamides is 1. The van der Waals surface area contributed by atoms with E-state index in [1.807, 2.05) is 45.0 Å². The van der Waals surface area contributed by atoms with Crippen LogP contribution in [-0.2, 0) is 26.2 Å². The van der Waals surface area contributed by atoms with Crippen LogP contribution in [0.4, 0.5) is 5.69 Å². The highest BCUT2D eigenvalue weighted by Crippen LogP contribution is 2.29.